The molecule has 3 rings (SSSR count). The zero-order valence-electron chi connectivity index (χ0n) is 19.5. The number of allylic oxidation sites excluding steroid dienone is 1. The van der Waals surface area contributed by atoms with Crippen molar-refractivity contribution >= 4 is 39.3 Å². The van der Waals surface area contributed by atoms with Gasteiger partial charge in [0, 0.05) is 37.2 Å². The van der Waals surface area contributed by atoms with Gasteiger partial charge in [-0.15, -0.1) is 12.4 Å². The van der Waals surface area contributed by atoms with Gasteiger partial charge in [-0.2, -0.15) is 0 Å². The number of fused-ring (bicyclic) bond motifs is 1. The Hall–Kier alpha value is -2.72. The fourth-order valence-electron chi connectivity index (χ4n) is 3.76. The molecular formula is C24H29ClFN3O4S. The van der Waals surface area contributed by atoms with E-state index < -0.39 is 16.0 Å². The number of methoxy groups -OCH3 is 1. The second-order valence-electron chi connectivity index (χ2n) is 7.87. The summed E-state index contributed by atoms with van der Waals surface area (Å²) in [5, 5.41) is 0.806. The molecule has 0 atom stereocenters. The Balaban J connectivity index is 0.00000408. The van der Waals surface area contributed by atoms with Crippen molar-refractivity contribution in [2.75, 3.05) is 27.7 Å². The Morgan fingerprint density at radius 1 is 1.18 bits per heavy atom. The van der Waals surface area contributed by atoms with Gasteiger partial charge in [0.1, 0.15) is 5.83 Å². The molecule has 10 heteroatoms. The van der Waals surface area contributed by atoms with Crippen LogP contribution in [0.4, 0.5) is 4.39 Å². The number of carbonyl (C=O) groups is 1. The summed E-state index contributed by atoms with van der Waals surface area (Å²) < 4.78 is 46.9. The lowest BCUT2D eigenvalue weighted by atomic mass is 10.0. The van der Waals surface area contributed by atoms with Gasteiger partial charge in [-0.25, -0.2) is 21.9 Å². The summed E-state index contributed by atoms with van der Waals surface area (Å²) in [7, 11) is 0.767. The van der Waals surface area contributed by atoms with E-state index in [1.165, 1.54) is 27.3 Å². The third kappa shape index (κ3) is 5.50. The van der Waals surface area contributed by atoms with E-state index in [9.17, 15) is 17.6 Å². The normalized spacial score (nSPS) is 12.1. The average molecular weight is 510 g/mol. The predicted molar refractivity (Wildman–Crippen MR) is 134 cm³/mol. The summed E-state index contributed by atoms with van der Waals surface area (Å²) in [4.78, 5) is 12.3. The Labute approximate surface area is 205 Å². The quantitative estimate of drug-likeness (QED) is 0.466. The molecule has 0 amide bonds. The number of hydrogen-bond acceptors (Lipinski definition) is 5. The number of esters is 1. The minimum absolute atomic E-state index is 0. The standard InChI is InChI=1S/C24H28FN3O4S.ClH/c1-16-21(13-17-5-8-20(9-6-17)33(30,31)27(2)3)22-14-18(24(29)32-4)7-10-23(22)28(16)15-19(25)11-12-26;/h5-11,14H,12-13,15,26H2,1-4H3;1H/b19-11-;. The highest BCUT2D eigenvalue weighted by molar-refractivity contribution is 7.89. The number of hydrogen-bond donors (Lipinski definition) is 1. The second kappa shape index (κ2) is 11.1. The fraction of sp³-hybridized carbons (Fsp3) is 0.292. The number of nitrogens with zero attached hydrogens (tertiary/aromatic N) is 2. The number of aromatic nitrogens is 1. The van der Waals surface area contributed by atoms with E-state index in [-0.39, 0.29) is 36.2 Å². The molecule has 0 spiro atoms. The largest absolute Gasteiger partial charge is 0.465 e. The molecule has 0 aliphatic heterocycles. The van der Waals surface area contributed by atoms with Crippen molar-refractivity contribution in [1.82, 2.24) is 8.87 Å². The molecule has 0 saturated heterocycles. The molecule has 0 fully saturated rings. The van der Waals surface area contributed by atoms with E-state index in [0.29, 0.717) is 12.0 Å². The summed E-state index contributed by atoms with van der Waals surface area (Å²) in [5.41, 5.74) is 9.27. The molecule has 2 N–H and O–H groups in total. The molecule has 1 heterocycles. The minimum Gasteiger partial charge on any atom is -0.465 e. The topological polar surface area (TPSA) is 94.6 Å². The number of carbonyl (C=O) groups excluding carboxylic acids is 1. The molecule has 0 aliphatic rings. The Morgan fingerprint density at radius 2 is 1.82 bits per heavy atom. The number of nitrogens with two attached hydrogens (primary N) is 1. The third-order valence-corrected chi connectivity index (χ3v) is 7.44. The van der Waals surface area contributed by atoms with Crippen LogP contribution < -0.4 is 5.73 Å². The van der Waals surface area contributed by atoms with Gasteiger partial charge >= 0.3 is 5.97 Å². The van der Waals surface area contributed by atoms with Crippen LogP contribution in [0.1, 0.15) is 27.2 Å². The molecule has 2 aromatic carbocycles. The van der Waals surface area contributed by atoms with E-state index in [4.69, 9.17) is 10.5 Å². The van der Waals surface area contributed by atoms with Crippen molar-refractivity contribution in [2.24, 2.45) is 5.73 Å². The van der Waals surface area contributed by atoms with Crippen molar-refractivity contribution in [3.8, 4) is 0 Å². The first-order valence-electron chi connectivity index (χ1n) is 10.4. The SMILES string of the molecule is COC(=O)c1ccc2c(c1)c(Cc1ccc(S(=O)(=O)N(C)C)cc1)c(C)n2C/C(F)=C/CN.Cl. The van der Waals surface area contributed by atoms with Gasteiger partial charge in [-0.1, -0.05) is 12.1 Å². The third-order valence-electron chi connectivity index (χ3n) is 5.61. The van der Waals surface area contributed by atoms with Crippen molar-refractivity contribution in [3.63, 3.8) is 0 Å². The van der Waals surface area contributed by atoms with Gasteiger partial charge < -0.3 is 15.0 Å². The first-order chi connectivity index (χ1) is 15.6. The summed E-state index contributed by atoms with van der Waals surface area (Å²) in [6.45, 7) is 2.02. The molecule has 184 valence electrons. The highest BCUT2D eigenvalue weighted by Crippen LogP contribution is 2.30. The van der Waals surface area contributed by atoms with E-state index in [2.05, 4.69) is 0 Å². The van der Waals surface area contributed by atoms with Gasteiger partial charge in [0.15, 0.2) is 0 Å². The lowest BCUT2D eigenvalue weighted by molar-refractivity contribution is 0.0601. The molecule has 1 aromatic heterocycles. The summed E-state index contributed by atoms with van der Waals surface area (Å²) in [5.74, 6) is -0.806. The lowest BCUT2D eigenvalue weighted by Crippen LogP contribution is -2.22. The molecule has 0 aliphatic carbocycles. The molecule has 0 saturated carbocycles. The van der Waals surface area contributed by atoms with Gasteiger partial charge in [0.2, 0.25) is 10.0 Å². The summed E-state index contributed by atoms with van der Waals surface area (Å²) >= 11 is 0. The predicted octanol–water partition coefficient (Wildman–Crippen LogP) is 3.81. The van der Waals surface area contributed by atoms with Crippen LogP contribution in [0.25, 0.3) is 10.9 Å². The first-order valence-corrected chi connectivity index (χ1v) is 11.8. The van der Waals surface area contributed by atoms with Crippen molar-refractivity contribution in [3.05, 3.63) is 76.8 Å². The molecule has 0 radical (unpaired) electrons. The van der Waals surface area contributed by atoms with E-state index in [0.717, 1.165) is 32.0 Å². The lowest BCUT2D eigenvalue weighted by Gasteiger charge is -2.12. The molecule has 0 unspecified atom stereocenters. The average Bonchev–Trinajstić information content (AvgIpc) is 3.04. The van der Waals surface area contributed by atoms with E-state index in [1.807, 2.05) is 11.5 Å². The van der Waals surface area contributed by atoms with E-state index >= 15 is 0 Å². The summed E-state index contributed by atoms with van der Waals surface area (Å²) in [6.07, 6.45) is 1.81. The zero-order valence-corrected chi connectivity index (χ0v) is 21.2. The summed E-state index contributed by atoms with van der Waals surface area (Å²) in [6, 6.07) is 11.8. The molecular weight excluding hydrogens is 481 g/mol. The molecule has 0 bridgehead atoms. The van der Waals surface area contributed by atoms with Crippen molar-refractivity contribution in [1.29, 1.82) is 0 Å². The zero-order chi connectivity index (χ0) is 24.3. The number of halogens is 2. The fourth-order valence-corrected chi connectivity index (χ4v) is 4.66. The minimum atomic E-state index is -3.52. The monoisotopic (exact) mass is 509 g/mol. The van der Waals surface area contributed by atoms with Crippen LogP contribution in [0.15, 0.2) is 59.3 Å². The molecule has 7 nitrogen and oxygen atoms in total. The van der Waals surface area contributed by atoms with E-state index in [1.54, 1.807) is 42.5 Å². The van der Waals surface area contributed by atoms with Gasteiger partial charge in [0.05, 0.1) is 24.1 Å². The Kier molecular flexibility index (Phi) is 9.02. The van der Waals surface area contributed by atoms with Gasteiger partial charge in [0.25, 0.3) is 0 Å². The highest BCUT2D eigenvalue weighted by Gasteiger charge is 2.19. The van der Waals surface area contributed by atoms with Crippen LogP contribution >= 0.6 is 12.4 Å². The van der Waals surface area contributed by atoms with Gasteiger partial charge in [-0.05, 0) is 60.9 Å². The maximum Gasteiger partial charge on any atom is 0.337 e. The number of ether oxygens (including phenoxy) is 1. The first kappa shape index (κ1) is 27.5. The van der Waals surface area contributed by atoms with Crippen LogP contribution in [0.5, 0.6) is 0 Å². The smallest absolute Gasteiger partial charge is 0.337 e. The van der Waals surface area contributed by atoms with Crippen molar-refractivity contribution < 1.29 is 22.3 Å². The highest BCUT2D eigenvalue weighted by atomic mass is 35.5. The Morgan fingerprint density at radius 3 is 2.38 bits per heavy atom. The van der Waals surface area contributed by atoms with Crippen LogP contribution in [0.3, 0.4) is 0 Å². The molecule has 34 heavy (non-hydrogen) atoms. The number of benzene rings is 2. The van der Waals surface area contributed by atoms with Crippen LogP contribution in [-0.2, 0) is 27.7 Å². The van der Waals surface area contributed by atoms with Crippen LogP contribution in [-0.4, -0.2) is 51.0 Å². The number of sulfonamides is 1. The Bertz CT molecular complexity index is 1320. The maximum absolute atomic E-state index is 14.3. The van der Waals surface area contributed by atoms with Gasteiger partial charge in [-0.3, -0.25) is 0 Å². The van der Waals surface area contributed by atoms with Crippen LogP contribution in [0.2, 0.25) is 0 Å². The second-order valence-corrected chi connectivity index (χ2v) is 10.0. The number of rotatable bonds is 8. The maximum atomic E-state index is 14.3. The van der Waals surface area contributed by atoms with Crippen LogP contribution in [0, 0.1) is 6.92 Å². The molecule has 3 aromatic rings. The van der Waals surface area contributed by atoms with Crippen molar-refractivity contribution in [2.45, 2.75) is 24.8 Å².